The maximum Gasteiger partial charge on any atom is 0.243 e. The van der Waals surface area contributed by atoms with Gasteiger partial charge in [0.2, 0.25) is 10.0 Å². The summed E-state index contributed by atoms with van der Waals surface area (Å²) in [6.07, 6.45) is 4.48. The van der Waals surface area contributed by atoms with Crippen molar-refractivity contribution in [2.24, 2.45) is 0 Å². The molecule has 0 bridgehead atoms. The normalized spacial score (nSPS) is 24.8. The molecule has 21 heavy (non-hydrogen) atoms. The molecular formula is C16H24N2O2S. The van der Waals surface area contributed by atoms with Gasteiger partial charge in [0, 0.05) is 25.7 Å². The summed E-state index contributed by atoms with van der Waals surface area (Å²) in [5.41, 5.74) is 2.55. The van der Waals surface area contributed by atoms with Crippen LogP contribution in [0, 0.1) is 0 Å². The third kappa shape index (κ3) is 2.87. The van der Waals surface area contributed by atoms with E-state index in [1.807, 2.05) is 19.2 Å². The van der Waals surface area contributed by atoms with Gasteiger partial charge in [0.05, 0.1) is 4.90 Å². The van der Waals surface area contributed by atoms with Gasteiger partial charge >= 0.3 is 0 Å². The standard InChI is InChI=1S/C16H24N2O2S/c1-13-12-18(10-9-17(13)2)21(19,20)16-8-7-14-5-3-4-6-15(14)11-16/h7-8,11,13H,3-6,9-10,12H2,1-2H3. The number of fused-ring (bicyclic) bond motifs is 1. The number of nitrogens with zero attached hydrogens (tertiary/aromatic N) is 2. The Balaban J connectivity index is 1.88. The minimum Gasteiger partial charge on any atom is -0.301 e. The summed E-state index contributed by atoms with van der Waals surface area (Å²) < 4.78 is 27.3. The minimum absolute atomic E-state index is 0.270. The average Bonchev–Trinajstić information content (AvgIpc) is 2.49. The van der Waals surface area contributed by atoms with Gasteiger partial charge in [-0.2, -0.15) is 4.31 Å². The molecular weight excluding hydrogens is 284 g/mol. The number of benzene rings is 1. The van der Waals surface area contributed by atoms with Crippen LogP contribution in [0.2, 0.25) is 0 Å². The number of likely N-dealkylation sites (N-methyl/N-ethyl adjacent to an activating group) is 1. The van der Waals surface area contributed by atoms with E-state index in [0.717, 1.165) is 19.4 Å². The van der Waals surface area contributed by atoms with Crippen molar-refractivity contribution < 1.29 is 8.42 Å². The van der Waals surface area contributed by atoms with Crippen LogP contribution in [0.15, 0.2) is 23.1 Å². The molecule has 1 aromatic carbocycles. The van der Waals surface area contributed by atoms with Gasteiger partial charge in [-0.05, 0) is 62.9 Å². The van der Waals surface area contributed by atoms with Crippen LogP contribution < -0.4 is 0 Å². The van der Waals surface area contributed by atoms with Crippen molar-refractivity contribution in [2.45, 2.75) is 43.5 Å². The number of aryl methyl sites for hydroxylation is 2. The molecule has 1 aliphatic heterocycles. The number of rotatable bonds is 2. The fourth-order valence-electron chi connectivity index (χ4n) is 3.25. The highest BCUT2D eigenvalue weighted by Crippen LogP contribution is 2.26. The Morgan fingerprint density at radius 2 is 1.81 bits per heavy atom. The van der Waals surface area contributed by atoms with Gasteiger partial charge < -0.3 is 4.90 Å². The zero-order valence-electron chi connectivity index (χ0n) is 12.9. The van der Waals surface area contributed by atoms with Crippen LogP contribution in [-0.4, -0.2) is 50.3 Å². The van der Waals surface area contributed by atoms with Gasteiger partial charge in [-0.25, -0.2) is 8.42 Å². The van der Waals surface area contributed by atoms with E-state index in [9.17, 15) is 8.42 Å². The Labute approximate surface area is 127 Å². The summed E-state index contributed by atoms with van der Waals surface area (Å²) in [4.78, 5) is 2.68. The lowest BCUT2D eigenvalue weighted by Gasteiger charge is -2.36. The first-order valence-electron chi connectivity index (χ1n) is 7.80. The number of sulfonamides is 1. The third-order valence-corrected chi connectivity index (χ3v) is 6.74. The second kappa shape index (κ2) is 5.71. The second-order valence-corrected chi connectivity index (χ2v) is 8.27. The van der Waals surface area contributed by atoms with Crippen LogP contribution in [0.1, 0.15) is 30.9 Å². The molecule has 1 unspecified atom stereocenters. The molecule has 0 radical (unpaired) electrons. The second-order valence-electron chi connectivity index (χ2n) is 6.33. The molecule has 1 aromatic rings. The molecule has 0 spiro atoms. The smallest absolute Gasteiger partial charge is 0.243 e. The molecule has 0 saturated carbocycles. The topological polar surface area (TPSA) is 40.6 Å². The predicted molar refractivity (Wildman–Crippen MR) is 83.9 cm³/mol. The lowest BCUT2D eigenvalue weighted by atomic mass is 9.92. The number of hydrogen-bond donors (Lipinski definition) is 0. The average molecular weight is 308 g/mol. The monoisotopic (exact) mass is 308 g/mol. The first kappa shape index (κ1) is 15.0. The van der Waals surface area contributed by atoms with E-state index in [1.54, 1.807) is 10.4 Å². The quantitative estimate of drug-likeness (QED) is 0.838. The van der Waals surface area contributed by atoms with Crippen molar-refractivity contribution in [1.82, 2.24) is 9.21 Å². The minimum atomic E-state index is -3.35. The van der Waals surface area contributed by atoms with Gasteiger partial charge in [-0.15, -0.1) is 0 Å². The van der Waals surface area contributed by atoms with E-state index in [1.165, 1.54) is 24.0 Å². The van der Waals surface area contributed by atoms with E-state index in [-0.39, 0.29) is 6.04 Å². The molecule has 0 N–H and O–H groups in total. The molecule has 1 aliphatic carbocycles. The molecule has 1 heterocycles. The van der Waals surface area contributed by atoms with Crippen molar-refractivity contribution >= 4 is 10.0 Å². The van der Waals surface area contributed by atoms with E-state index in [4.69, 9.17) is 0 Å². The molecule has 4 nitrogen and oxygen atoms in total. The largest absolute Gasteiger partial charge is 0.301 e. The molecule has 1 saturated heterocycles. The van der Waals surface area contributed by atoms with Crippen LogP contribution >= 0.6 is 0 Å². The molecule has 3 rings (SSSR count). The Bertz CT molecular complexity index is 627. The molecule has 1 atom stereocenters. The van der Waals surface area contributed by atoms with Crippen molar-refractivity contribution in [3.8, 4) is 0 Å². The highest BCUT2D eigenvalue weighted by Gasteiger charge is 2.31. The van der Waals surface area contributed by atoms with Crippen molar-refractivity contribution in [3.63, 3.8) is 0 Å². The first-order valence-corrected chi connectivity index (χ1v) is 9.24. The van der Waals surface area contributed by atoms with Crippen LogP contribution in [0.4, 0.5) is 0 Å². The molecule has 116 valence electrons. The summed E-state index contributed by atoms with van der Waals surface area (Å²) in [5, 5.41) is 0. The first-order chi connectivity index (χ1) is 9.98. The lowest BCUT2D eigenvalue weighted by Crippen LogP contribution is -2.51. The SMILES string of the molecule is CC1CN(S(=O)(=O)c2ccc3c(c2)CCCC3)CCN1C. The third-order valence-electron chi connectivity index (χ3n) is 4.88. The molecule has 2 aliphatic rings. The van der Waals surface area contributed by atoms with E-state index < -0.39 is 10.0 Å². The summed E-state index contributed by atoms with van der Waals surface area (Å²) in [6, 6.07) is 5.99. The lowest BCUT2D eigenvalue weighted by molar-refractivity contribution is 0.159. The molecule has 0 amide bonds. The fraction of sp³-hybridized carbons (Fsp3) is 0.625. The van der Waals surface area contributed by atoms with Crippen LogP contribution in [0.3, 0.4) is 0 Å². The summed E-state index contributed by atoms with van der Waals surface area (Å²) in [5.74, 6) is 0. The van der Waals surface area contributed by atoms with E-state index in [2.05, 4.69) is 11.8 Å². The summed E-state index contributed by atoms with van der Waals surface area (Å²) in [7, 11) is -1.30. The summed E-state index contributed by atoms with van der Waals surface area (Å²) >= 11 is 0. The van der Waals surface area contributed by atoms with Crippen molar-refractivity contribution in [2.75, 3.05) is 26.7 Å². The Kier molecular flexibility index (Phi) is 4.08. The molecule has 1 fully saturated rings. The van der Waals surface area contributed by atoms with E-state index in [0.29, 0.717) is 18.0 Å². The van der Waals surface area contributed by atoms with Crippen molar-refractivity contribution in [3.05, 3.63) is 29.3 Å². The zero-order chi connectivity index (χ0) is 15.0. The number of piperazine rings is 1. The number of hydrogen-bond acceptors (Lipinski definition) is 3. The van der Waals surface area contributed by atoms with Gasteiger partial charge in [0.25, 0.3) is 0 Å². The van der Waals surface area contributed by atoms with Gasteiger partial charge in [0.15, 0.2) is 0 Å². The van der Waals surface area contributed by atoms with E-state index >= 15 is 0 Å². The van der Waals surface area contributed by atoms with Gasteiger partial charge in [0.1, 0.15) is 0 Å². The fourth-order valence-corrected chi connectivity index (χ4v) is 4.82. The van der Waals surface area contributed by atoms with Crippen LogP contribution in [0.5, 0.6) is 0 Å². The molecule has 0 aromatic heterocycles. The highest BCUT2D eigenvalue weighted by atomic mass is 32.2. The zero-order valence-corrected chi connectivity index (χ0v) is 13.7. The van der Waals surface area contributed by atoms with Gasteiger partial charge in [-0.1, -0.05) is 6.07 Å². The highest BCUT2D eigenvalue weighted by molar-refractivity contribution is 7.89. The maximum absolute atomic E-state index is 12.8. The predicted octanol–water partition coefficient (Wildman–Crippen LogP) is 1.89. The van der Waals surface area contributed by atoms with Crippen LogP contribution in [0.25, 0.3) is 0 Å². The maximum atomic E-state index is 12.8. The van der Waals surface area contributed by atoms with Crippen LogP contribution in [-0.2, 0) is 22.9 Å². The summed E-state index contributed by atoms with van der Waals surface area (Å²) in [6.45, 7) is 4.04. The Hall–Kier alpha value is -0.910. The van der Waals surface area contributed by atoms with Gasteiger partial charge in [-0.3, -0.25) is 0 Å². The molecule has 5 heteroatoms. The Morgan fingerprint density at radius 1 is 1.10 bits per heavy atom. The Morgan fingerprint density at radius 3 is 2.52 bits per heavy atom. The van der Waals surface area contributed by atoms with Crippen molar-refractivity contribution in [1.29, 1.82) is 0 Å².